The van der Waals surface area contributed by atoms with Crippen LogP contribution in [0.1, 0.15) is 31.7 Å². The Morgan fingerprint density at radius 3 is 2.29 bits per heavy atom. The van der Waals surface area contributed by atoms with Crippen molar-refractivity contribution in [2.45, 2.75) is 44.8 Å². The molecule has 2 aromatic carbocycles. The molecule has 2 aromatic rings. The molecule has 2 saturated heterocycles. The van der Waals surface area contributed by atoms with Gasteiger partial charge >= 0.3 is 0 Å². The molecule has 0 radical (unpaired) electrons. The van der Waals surface area contributed by atoms with Gasteiger partial charge in [0.25, 0.3) is 5.91 Å². The molecule has 0 aliphatic carbocycles. The Bertz CT molecular complexity index is 956. The average Bonchev–Trinajstić information content (AvgIpc) is 3.04. The van der Waals surface area contributed by atoms with Gasteiger partial charge in [0.2, 0.25) is 11.8 Å². The van der Waals surface area contributed by atoms with Crippen LogP contribution in [0.2, 0.25) is 0 Å². The van der Waals surface area contributed by atoms with Gasteiger partial charge in [0.05, 0.1) is 12.1 Å². The molecular formula is C24H26FN3O3. The summed E-state index contributed by atoms with van der Waals surface area (Å²) in [6.07, 6.45) is 1.46. The molecule has 2 aliphatic heterocycles. The maximum absolute atomic E-state index is 13.2. The van der Waals surface area contributed by atoms with E-state index in [9.17, 15) is 18.8 Å². The summed E-state index contributed by atoms with van der Waals surface area (Å²) >= 11 is 0. The monoisotopic (exact) mass is 423 g/mol. The van der Waals surface area contributed by atoms with Crippen LogP contribution in [0, 0.1) is 5.82 Å². The van der Waals surface area contributed by atoms with E-state index in [1.54, 1.807) is 4.90 Å². The number of benzene rings is 2. The van der Waals surface area contributed by atoms with Crippen LogP contribution in [0.3, 0.4) is 0 Å². The molecule has 0 saturated carbocycles. The Balaban J connectivity index is 1.44. The van der Waals surface area contributed by atoms with E-state index in [4.69, 9.17) is 0 Å². The first-order chi connectivity index (χ1) is 14.9. The predicted octanol–water partition coefficient (Wildman–Crippen LogP) is 2.97. The van der Waals surface area contributed by atoms with E-state index in [1.165, 1.54) is 36.8 Å². The largest absolute Gasteiger partial charge is 0.327 e. The third kappa shape index (κ3) is 4.51. The van der Waals surface area contributed by atoms with Crippen molar-refractivity contribution in [2.75, 3.05) is 18.0 Å². The van der Waals surface area contributed by atoms with Crippen molar-refractivity contribution >= 4 is 23.4 Å². The van der Waals surface area contributed by atoms with E-state index in [-0.39, 0.29) is 24.3 Å². The smallest absolute Gasteiger partial charge is 0.257 e. The summed E-state index contributed by atoms with van der Waals surface area (Å²) in [6.45, 7) is 3.95. The summed E-state index contributed by atoms with van der Waals surface area (Å²) in [4.78, 5) is 43.3. The molecule has 0 bridgehead atoms. The minimum atomic E-state index is -0.805. The van der Waals surface area contributed by atoms with Gasteiger partial charge in [-0.3, -0.25) is 19.3 Å². The van der Waals surface area contributed by atoms with Gasteiger partial charge in [-0.25, -0.2) is 9.29 Å². The van der Waals surface area contributed by atoms with Gasteiger partial charge in [-0.15, -0.1) is 0 Å². The van der Waals surface area contributed by atoms with Gasteiger partial charge in [0, 0.05) is 32.6 Å². The summed E-state index contributed by atoms with van der Waals surface area (Å²) in [5.74, 6) is -1.42. The van der Waals surface area contributed by atoms with Gasteiger partial charge in [0.1, 0.15) is 11.9 Å². The molecule has 31 heavy (non-hydrogen) atoms. The number of carbonyl (C=O) groups excluding carboxylic acids is 3. The molecule has 162 valence electrons. The van der Waals surface area contributed by atoms with Crippen LogP contribution < -0.4 is 4.90 Å². The minimum absolute atomic E-state index is 0.0416. The van der Waals surface area contributed by atoms with Crippen molar-refractivity contribution in [3.63, 3.8) is 0 Å². The third-order valence-corrected chi connectivity index (χ3v) is 6.11. The quantitative estimate of drug-likeness (QED) is 0.694. The number of amides is 3. The molecule has 2 heterocycles. The molecule has 4 rings (SSSR count). The molecule has 0 spiro atoms. The molecule has 0 N–H and O–H groups in total. The fourth-order valence-corrected chi connectivity index (χ4v) is 4.62. The molecule has 1 atom stereocenters. The average molecular weight is 423 g/mol. The zero-order chi connectivity index (χ0) is 22.0. The fraction of sp³-hybridized carbons (Fsp3) is 0.375. The van der Waals surface area contributed by atoms with Crippen molar-refractivity contribution in [1.82, 2.24) is 9.80 Å². The number of hydrogen-bond donors (Lipinski definition) is 0. The lowest BCUT2D eigenvalue weighted by Crippen LogP contribution is -2.53. The summed E-state index contributed by atoms with van der Waals surface area (Å²) in [6, 6.07) is 14.6. The number of likely N-dealkylation sites (tertiary alicyclic amines) is 1. The van der Waals surface area contributed by atoms with E-state index in [1.807, 2.05) is 18.2 Å². The Hall–Kier alpha value is -3.06. The van der Waals surface area contributed by atoms with Gasteiger partial charge in [-0.05, 0) is 42.7 Å². The molecule has 1 unspecified atom stereocenters. The number of imide groups is 1. The number of rotatable bonds is 5. The first-order valence-electron chi connectivity index (χ1n) is 10.6. The number of nitrogens with zero attached hydrogens (tertiary/aromatic N) is 3. The minimum Gasteiger partial charge on any atom is -0.327 e. The standard InChI is InChI=1S/C24H26FN3O3/c1-17(29)27(21-11-13-26(14-12-21)16-18-5-3-2-4-6-18)22-15-23(30)28(24(22)31)20-9-7-19(25)8-10-20/h2-10,21-22H,11-16H2,1H3. The van der Waals surface area contributed by atoms with E-state index in [2.05, 4.69) is 17.0 Å². The van der Waals surface area contributed by atoms with E-state index < -0.39 is 17.8 Å². The summed E-state index contributed by atoms with van der Waals surface area (Å²) in [5.41, 5.74) is 1.58. The van der Waals surface area contributed by atoms with Crippen LogP contribution in [-0.4, -0.2) is 52.7 Å². The van der Waals surface area contributed by atoms with Crippen LogP contribution in [0.25, 0.3) is 0 Å². The van der Waals surface area contributed by atoms with Gasteiger partial charge in [-0.1, -0.05) is 30.3 Å². The van der Waals surface area contributed by atoms with Crippen molar-refractivity contribution < 1.29 is 18.8 Å². The highest BCUT2D eigenvalue weighted by Gasteiger charge is 2.46. The lowest BCUT2D eigenvalue weighted by molar-refractivity contribution is -0.140. The van der Waals surface area contributed by atoms with Crippen molar-refractivity contribution in [3.05, 3.63) is 66.0 Å². The van der Waals surface area contributed by atoms with Crippen LogP contribution in [0.5, 0.6) is 0 Å². The van der Waals surface area contributed by atoms with E-state index in [0.717, 1.165) is 37.4 Å². The summed E-state index contributed by atoms with van der Waals surface area (Å²) in [7, 11) is 0. The van der Waals surface area contributed by atoms with Crippen molar-refractivity contribution in [1.29, 1.82) is 0 Å². The Morgan fingerprint density at radius 2 is 1.68 bits per heavy atom. The second kappa shape index (κ2) is 8.98. The highest BCUT2D eigenvalue weighted by Crippen LogP contribution is 2.29. The van der Waals surface area contributed by atoms with Crippen LogP contribution in [0.15, 0.2) is 54.6 Å². The maximum Gasteiger partial charge on any atom is 0.257 e. The molecule has 3 amide bonds. The van der Waals surface area contributed by atoms with Gasteiger partial charge in [0.15, 0.2) is 0 Å². The van der Waals surface area contributed by atoms with Gasteiger partial charge in [-0.2, -0.15) is 0 Å². The lowest BCUT2D eigenvalue weighted by Gasteiger charge is -2.40. The highest BCUT2D eigenvalue weighted by molar-refractivity contribution is 6.23. The molecule has 2 aliphatic rings. The molecular weight excluding hydrogens is 397 g/mol. The molecule has 0 aromatic heterocycles. The van der Waals surface area contributed by atoms with E-state index in [0.29, 0.717) is 5.69 Å². The Morgan fingerprint density at radius 1 is 1.03 bits per heavy atom. The van der Waals surface area contributed by atoms with E-state index >= 15 is 0 Å². The van der Waals surface area contributed by atoms with Crippen molar-refractivity contribution in [3.8, 4) is 0 Å². The Kier molecular flexibility index (Phi) is 6.13. The Labute approximate surface area is 181 Å². The highest BCUT2D eigenvalue weighted by atomic mass is 19.1. The topological polar surface area (TPSA) is 60.9 Å². The normalized spacial score (nSPS) is 20.3. The number of piperidine rings is 1. The molecule has 2 fully saturated rings. The second-order valence-corrected chi connectivity index (χ2v) is 8.18. The number of hydrogen-bond acceptors (Lipinski definition) is 4. The third-order valence-electron chi connectivity index (χ3n) is 6.11. The number of anilines is 1. The lowest BCUT2D eigenvalue weighted by atomic mass is 9.99. The first-order valence-corrected chi connectivity index (χ1v) is 10.6. The van der Waals surface area contributed by atoms with Crippen LogP contribution in [-0.2, 0) is 20.9 Å². The first kappa shape index (κ1) is 21.2. The van der Waals surface area contributed by atoms with Crippen LogP contribution in [0.4, 0.5) is 10.1 Å². The summed E-state index contributed by atoms with van der Waals surface area (Å²) in [5, 5.41) is 0. The van der Waals surface area contributed by atoms with Gasteiger partial charge < -0.3 is 4.90 Å². The predicted molar refractivity (Wildman–Crippen MR) is 115 cm³/mol. The summed E-state index contributed by atoms with van der Waals surface area (Å²) < 4.78 is 13.2. The maximum atomic E-state index is 13.2. The zero-order valence-electron chi connectivity index (χ0n) is 17.5. The second-order valence-electron chi connectivity index (χ2n) is 8.18. The SMILES string of the molecule is CC(=O)N(C1CCN(Cc2ccccc2)CC1)C1CC(=O)N(c2ccc(F)cc2)C1=O. The van der Waals surface area contributed by atoms with Crippen LogP contribution >= 0.6 is 0 Å². The fourth-order valence-electron chi connectivity index (χ4n) is 4.62. The zero-order valence-corrected chi connectivity index (χ0v) is 17.5. The number of halogens is 1. The number of carbonyl (C=O) groups is 3. The molecule has 6 nitrogen and oxygen atoms in total. The van der Waals surface area contributed by atoms with Crippen molar-refractivity contribution in [2.24, 2.45) is 0 Å². The molecule has 7 heteroatoms.